The summed E-state index contributed by atoms with van der Waals surface area (Å²) in [5, 5.41) is 3.46. The highest BCUT2D eigenvalue weighted by molar-refractivity contribution is 5.33. The Bertz CT molecular complexity index is 393. The van der Waals surface area contributed by atoms with Crippen LogP contribution in [0.15, 0.2) is 24.3 Å². The highest BCUT2D eigenvalue weighted by Crippen LogP contribution is 2.41. The minimum absolute atomic E-state index is 0.841. The van der Waals surface area contributed by atoms with Crippen molar-refractivity contribution < 1.29 is 0 Å². The van der Waals surface area contributed by atoms with Gasteiger partial charge >= 0.3 is 0 Å². The molecule has 1 aliphatic rings. The van der Waals surface area contributed by atoms with Gasteiger partial charge in [-0.3, -0.25) is 0 Å². The van der Waals surface area contributed by atoms with Gasteiger partial charge in [0.2, 0.25) is 0 Å². The molecule has 0 saturated heterocycles. The molecule has 0 heterocycles. The lowest BCUT2D eigenvalue weighted by atomic mass is 10.0. The summed E-state index contributed by atoms with van der Waals surface area (Å²) in [7, 11) is 0. The third kappa shape index (κ3) is 3.12. The van der Waals surface area contributed by atoms with E-state index in [1.54, 1.807) is 5.56 Å². The molecule has 0 bridgehead atoms. The van der Waals surface area contributed by atoms with Gasteiger partial charge in [-0.2, -0.15) is 0 Å². The van der Waals surface area contributed by atoms with Crippen LogP contribution >= 0.6 is 0 Å². The van der Waals surface area contributed by atoms with Crippen molar-refractivity contribution in [1.82, 2.24) is 5.32 Å². The van der Waals surface area contributed by atoms with Crippen LogP contribution in [-0.2, 0) is 6.54 Å². The van der Waals surface area contributed by atoms with E-state index < -0.39 is 0 Å². The monoisotopic (exact) mass is 213 g/mol. The van der Waals surface area contributed by atoms with E-state index in [9.17, 15) is 0 Å². The maximum absolute atomic E-state index is 3.46. The van der Waals surface area contributed by atoms with E-state index in [4.69, 9.17) is 0 Å². The Kier molecular flexibility index (Phi) is 4.02. The minimum Gasteiger partial charge on any atom is -0.312 e. The standard InChI is InChI=1S/C15H19N/c1-2-3-6-11-16-12-14-7-4-5-8-15(14)13-9-10-13/h4-5,7-8,13,16H,6,9-12H2,1H3. The Morgan fingerprint density at radius 1 is 1.31 bits per heavy atom. The van der Waals surface area contributed by atoms with Gasteiger partial charge in [-0.25, -0.2) is 0 Å². The van der Waals surface area contributed by atoms with Crippen LogP contribution in [0.2, 0.25) is 0 Å². The molecule has 1 saturated carbocycles. The highest BCUT2D eigenvalue weighted by Gasteiger charge is 2.25. The van der Waals surface area contributed by atoms with Crippen LogP contribution in [0.5, 0.6) is 0 Å². The molecular formula is C15H19N. The second-order valence-electron chi connectivity index (χ2n) is 4.33. The number of hydrogen-bond donors (Lipinski definition) is 1. The van der Waals surface area contributed by atoms with Gasteiger partial charge in [-0.15, -0.1) is 11.8 Å². The first-order chi connectivity index (χ1) is 7.92. The van der Waals surface area contributed by atoms with Crippen LogP contribution in [0.25, 0.3) is 0 Å². The van der Waals surface area contributed by atoms with E-state index in [1.807, 2.05) is 6.92 Å². The lowest BCUT2D eigenvalue weighted by molar-refractivity contribution is 0.695. The molecule has 1 heteroatoms. The number of hydrogen-bond acceptors (Lipinski definition) is 1. The maximum Gasteiger partial charge on any atom is 0.0214 e. The first-order valence-corrected chi connectivity index (χ1v) is 6.10. The summed E-state index contributed by atoms with van der Waals surface area (Å²) in [6, 6.07) is 8.81. The highest BCUT2D eigenvalue weighted by atomic mass is 14.8. The van der Waals surface area contributed by atoms with Gasteiger partial charge in [0.1, 0.15) is 0 Å². The topological polar surface area (TPSA) is 12.0 Å². The summed E-state index contributed by atoms with van der Waals surface area (Å²) in [4.78, 5) is 0. The van der Waals surface area contributed by atoms with E-state index in [0.717, 1.165) is 25.4 Å². The van der Waals surface area contributed by atoms with Crippen molar-refractivity contribution in [3.05, 3.63) is 35.4 Å². The fraction of sp³-hybridized carbons (Fsp3) is 0.467. The Morgan fingerprint density at radius 2 is 2.12 bits per heavy atom. The normalized spacial score (nSPS) is 14.3. The Morgan fingerprint density at radius 3 is 2.88 bits per heavy atom. The molecule has 0 spiro atoms. The molecule has 0 atom stereocenters. The molecule has 1 N–H and O–H groups in total. The zero-order valence-corrected chi connectivity index (χ0v) is 9.92. The second kappa shape index (κ2) is 5.72. The van der Waals surface area contributed by atoms with Gasteiger partial charge in [0.25, 0.3) is 0 Å². The van der Waals surface area contributed by atoms with Crippen molar-refractivity contribution in [2.45, 2.75) is 38.6 Å². The molecular weight excluding hydrogens is 194 g/mol. The van der Waals surface area contributed by atoms with Gasteiger partial charge < -0.3 is 5.32 Å². The maximum atomic E-state index is 3.46. The van der Waals surface area contributed by atoms with E-state index in [1.165, 1.54) is 18.4 Å². The predicted octanol–water partition coefficient (Wildman–Crippen LogP) is 3.07. The molecule has 1 nitrogen and oxygen atoms in total. The number of rotatable bonds is 5. The summed E-state index contributed by atoms with van der Waals surface area (Å²) in [5.41, 5.74) is 3.02. The van der Waals surface area contributed by atoms with Gasteiger partial charge in [-0.05, 0) is 36.8 Å². The Labute approximate surface area is 98.3 Å². The van der Waals surface area contributed by atoms with Crippen molar-refractivity contribution in [1.29, 1.82) is 0 Å². The third-order valence-electron chi connectivity index (χ3n) is 2.99. The molecule has 1 fully saturated rings. The Balaban J connectivity index is 1.85. The largest absolute Gasteiger partial charge is 0.312 e. The van der Waals surface area contributed by atoms with Crippen LogP contribution in [0.3, 0.4) is 0 Å². The molecule has 1 aliphatic carbocycles. The second-order valence-corrected chi connectivity index (χ2v) is 4.33. The predicted molar refractivity (Wildman–Crippen MR) is 68.2 cm³/mol. The average molecular weight is 213 g/mol. The van der Waals surface area contributed by atoms with E-state index >= 15 is 0 Å². The van der Waals surface area contributed by atoms with E-state index in [0.29, 0.717) is 0 Å². The van der Waals surface area contributed by atoms with E-state index in [-0.39, 0.29) is 0 Å². The summed E-state index contributed by atoms with van der Waals surface area (Å²) < 4.78 is 0. The third-order valence-corrected chi connectivity index (χ3v) is 2.99. The summed E-state index contributed by atoms with van der Waals surface area (Å²) >= 11 is 0. The molecule has 84 valence electrons. The lowest BCUT2D eigenvalue weighted by Gasteiger charge is -2.08. The van der Waals surface area contributed by atoms with Crippen molar-refractivity contribution in [2.75, 3.05) is 6.54 Å². The van der Waals surface area contributed by atoms with Crippen molar-refractivity contribution in [3.63, 3.8) is 0 Å². The SMILES string of the molecule is CC#CCCNCc1ccccc1C1CC1. The number of nitrogens with one attached hydrogen (secondary N) is 1. The van der Waals surface area contributed by atoms with E-state index in [2.05, 4.69) is 41.4 Å². The molecule has 0 aromatic heterocycles. The molecule has 0 amide bonds. The van der Waals surface area contributed by atoms with Gasteiger partial charge in [-0.1, -0.05) is 24.3 Å². The zero-order chi connectivity index (χ0) is 11.2. The van der Waals surface area contributed by atoms with Crippen LogP contribution in [-0.4, -0.2) is 6.54 Å². The van der Waals surface area contributed by atoms with Crippen molar-refractivity contribution in [3.8, 4) is 11.8 Å². The minimum atomic E-state index is 0.841. The summed E-state index contributed by atoms with van der Waals surface area (Å²) in [5.74, 6) is 6.83. The lowest BCUT2D eigenvalue weighted by Crippen LogP contribution is -2.15. The summed E-state index contributed by atoms with van der Waals surface area (Å²) in [6.45, 7) is 3.86. The number of benzene rings is 1. The molecule has 2 rings (SSSR count). The zero-order valence-electron chi connectivity index (χ0n) is 9.92. The Hall–Kier alpha value is -1.26. The van der Waals surface area contributed by atoms with Crippen LogP contribution in [0.1, 0.15) is 43.2 Å². The first-order valence-electron chi connectivity index (χ1n) is 6.10. The van der Waals surface area contributed by atoms with Gasteiger partial charge in [0, 0.05) is 19.5 Å². The summed E-state index contributed by atoms with van der Waals surface area (Å²) in [6.07, 6.45) is 3.69. The van der Waals surface area contributed by atoms with Crippen molar-refractivity contribution in [2.24, 2.45) is 0 Å². The molecule has 16 heavy (non-hydrogen) atoms. The quantitative estimate of drug-likeness (QED) is 0.585. The average Bonchev–Trinajstić information content (AvgIpc) is 3.13. The van der Waals surface area contributed by atoms with Crippen LogP contribution in [0.4, 0.5) is 0 Å². The smallest absolute Gasteiger partial charge is 0.0214 e. The van der Waals surface area contributed by atoms with Crippen LogP contribution in [0, 0.1) is 11.8 Å². The molecule has 0 unspecified atom stereocenters. The molecule has 1 aromatic carbocycles. The van der Waals surface area contributed by atoms with Crippen LogP contribution < -0.4 is 5.32 Å². The molecule has 1 aromatic rings. The van der Waals surface area contributed by atoms with Gasteiger partial charge in [0.15, 0.2) is 0 Å². The fourth-order valence-electron chi connectivity index (χ4n) is 1.99. The first kappa shape index (κ1) is 11.2. The van der Waals surface area contributed by atoms with Gasteiger partial charge in [0.05, 0.1) is 0 Å². The van der Waals surface area contributed by atoms with Crippen molar-refractivity contribution >= 4 is 0 Å². The molecule has 0 radical (unpaired) electrons. The molecule has 0 aliphatic heterocycles. The fourth-order valence-corrected chi connectivity index (χ4v) is 1.99.